The largest absolute Gasteiger partial charge is 0.124 e. The molecule has 0 saturated carbocycles. The molecule has 1 atom stereocenters. The fraction of sp³-hybridized carbons (Fsp3) is 0.0556. The van der Waals surface area contributed by atoms with Crippen LogP contribution >= 0.6 is 0 Å². The van der Waals surface area contributed by atoms with Gasteiger partial charge < -0.3 is 0 Å². The second kappa shape index (κ2) is 6.44. The van der Waals surface area contributed by atoms with Gasteiger partial charge in [-0.15, -0.1) is 5.73 Å². The van der Waals surface area contributed by atoms with Gasteiger partial charge in [-0.1, -0.05) is 85.5 Å². The van der Waals surface area contributed by atoms with Crippen LogP contribution in [0.25, 0.3) is 6.08 Å². The molecule has 0 heteroatoms. The molecule has 18 heavy (non-hydrogen) atoms. The van der Waals surface area contributed by atoms with Gasteiger partial charge >= 0.3 is 0 Å². The number of benzene rings is 1. The Kier molecular flexibility index (Phi) is 4.35. The van der Waals surface area contributed by atoms with Crippen LogP contribution in [0, 0.1) is 5.92 Å². The first-order valence-corrected chi connectivity index (χ1v) is 6.05. The molecule has 1 unspecified atom stereocenters. The van der Waals surface area contributed by atoms with E-state index in [1.165, 1.54) is 5.56 Å². The van der Waals surface area contributed by atoms with Crippen molar-refractivity contribution in [2.75, 3.05) is 0 Å². The van der Waals surface area contributed by atoms with Crippen LogP contribution in [0.2, 0.25) is 0 Å². The molecule has 1 aromatic carbocycles. The van der Waals surface area contributed by atoms with E-state index in [-0.39, 0.29) is 5.92 Å². The molecule has 0 radical (unpaired) electrons. The normalized spacial score (nSPS) is 18.7. The summed E-state index contributed by atoms with van der Waals surface area (Å²) in [6.45, 7) is 3.71. The Balaban J connectivity index is 2.00. The van der Waals surface area contributed by atoms with Crippen LogP contribution in [-0.2, 0) is 0 Å². The van der Waals surface area contributed by atoms with Crippen molar-refractivity contribution in [3.63, 3.8) is 0 Å². The minimum Gasteiger partial charge on any atom is -0.124 e. The topological polar surface area (TPSA) is 0 Å². The Morgan fingerprint density at radius 3 is 2.67 bits per heavy atom. The third-order valence-corrected chi connectivity index (χ3v) is 2.79. The minimum atomic E-state index is 0.285. The maximum atomic E-state index is 3.71. The highest BCUT2D eigenvalue weighted by molar-refractivity contribution is 5.51. The van der Waals surface area contributed by atoms with Crippen LogP contribution < -0.4 is 0 Å². The van der Waals surface area contributed by atoms with E-state index in [4.69, 9.17) is 0 Å². The SMILES string of the molecule is C=C=C1C=CC=CC1C=CC=Cc1ccccc1. The van der Waals surface area contributed by atoms with Gasteiger partial charge in [-0.2, -0.15) is 0 Å². The summed E-state index contributed by atoms with van der Waals surface area (Å²) in [5.74, 6) is 0.285. The number of allylic oxidation sites excluding steroid dienone is 8. The zero-order valence-electron chi connectivity index (χ0n) is 10.3. The summed E-state index contributed by atoms with van der Waals surface area (Å²) in [6, 6.07) is 10.3. The fourth-order valence-corrected chi connectivity index (χ4v) is 1.82. The lowest BCUT2D eigenvalue weighted by Crippen LogP contribution is -1.96. The first-order chi connectivity index (χ1) is 8.90. The molecule has 0 fully saturated rings. The molecule has 0 amide bonds. The zero-order chi connectivity index (χ0) is 12.6. The summed E-state index contributed by atoms with van der Waals surface area (Å²) >= 11 is 0. The van der Waals surface area contributed by atoms with Crippen molar-refractivity contribution in [3.8, 4) is 0 Å². The first kappa shape index (κ1) is 12.2. The van der Waals surface area contributed by atoms with Gasteiger partial charge in [0, 0.05) is 11.5 Å². The van der Waals surface area contributed by atoms with E-state index in [0.717, 1.165) is 5.57 Å². The standard InChI is InChI=1S/C18H16/c1-2-17-13-8-9-15-18(17)14-7-6-12-16-10-4-3-5-11-16/h3-15,18H,1H2. The van der Waals surface area contributed by atoms with Crippen LogP contribution in [0.15, 0.2) is 90.7 Å². The maximum Gasteiger partial charge on any atom is 0.0278 e. The predicted octanol–water partition coefficient (Wildman–Crippen LogP) is 4.71. The quantitative estimate of drug-likeness (QED) is 0.523. The van der Waals surface area contributed by atoms with Crippen LogP contribution in [-0.4, -0.2) is 0 Å². The summed E-state index contributed by atoms with van der Waals surface area (Å²) in [5.41, 5.74) is 5.29. The van der Waals surface area contributed by atoms with E-state index >= 15 is 0 Å². The molecule has 0 aromatic heterocycles. The average molecular weight is 232 g/mol. The molecule has 1 aliphatic carbocycles. The smallest absolute Gasteiger partial charge is 0.0278 e. The van der Waals surface area contributed by atoms with Gasteiger partial charge in [-0.3, -0.25) is 0 Å². The molecule has 0 nitrogen and oxygen atoms in total. The second-order valence-electron chi connectivity index (χ2n) is 4.06. The van der Waals surface area contributed by atoms with Crippen molar-refractivity contribution < 1.29 is 0 Å². The molecule has 0 aliphatic heterocycles. The molecule has 88 valence electrons. The Morgan fingerprint density at radius 2 is 1.89 bits per heavy atom. The minimum absolute atomic E-state index is 0.285. The van der Waals surface area contributed by atoms with Crippen LogP contribution in [0.1, 0.15) is 5.56 Å². The van der Waals surface area contributed by atoms with Crippen LogP contribution in [0.3, 0.4) is 0 Å². The van der Waals surface area contributed by atoms with Crippen LogP contribution in [0.4, 0.5) is 0 Å². The summed E-state index contributed by atoms with van der Waals surface area (Å²) < 4.78 is 0. The third kappa shape index (κ3) is 3.35. The van der Waals surface area contributed by atoms with Gasteiger partial charge in [-0.25, -0.2) is 0 Å². The molecule has 1 aromatic rings. The van der Waals surface area contributed by atoms with Crippen molar-refractivity contribution in [1.82, 2.24) is 0 Å². The highest BCUT2D eigenvalue weighted by atomic mass is 14.1. The summed E-state index contributed by atoms with van der Waals surface area (Å²) in [7, 11) is 0. The predicted molar refractivity (Wildman–Crippen MR) is 79.0 cm³/mol. The Bertz CT molecular complexity index is 547. The number of hydrogen-bond acceptors (Lipinski definition) is 0. The average Bonchev–Trinajstić information content (AvgIpc) is 2.45. The van der Waals surface area contributed by atoms with E-state index in [2.05, 4.69) is 60.9 Å². The molecule has 0 bridgehead atoms. The molecule has 2 rings (SSSR count). The van der Waals surface area contributed by atoms with E-state index in [0.29, 0.717) is 0 Å². The highest BCUT2D eigenvalue weighted by Gasteiger charge is 2.05. The summed E-state index contributed by atoms with van der Waals surface area (Å²) in [5, 5.41) is 0. The van der Waals surface area contributed by atoms with Gasteiger partial charge in [0.1, 0.15) is 0 Å². The number of rotatable bonds is 3. The third-order valence-electron chi connectivity index (χ3n) is 2.79. The molecular formula is C18H16. The van der Waals surface area contributed by atoms with Crippen molar-refractivity contribution in [1.29, 1.82) is 0 Å². The lowest BCUT2D eigenvalue weighted by atomic mass is 9.95. The second-order valence-corrected chi connectivity index (χ2v) is 4.06. The summed E-state index contributed by atoms with van der Waals surface area (Å²) in [4.78, 5) is 0. The van der Waals surface area contributed by atoms with E-state index in [1.54, 1.807) is 0 Å². The van der Waals surface area contributed by atoms with Gasteiger partial charge in [0.2, 0.25) is 0 Å². The molecule has 1 aliphatic rings. The van der Waals surface area contributed by atoms with Gasteiger partial charge in [-0.05, 0) is 5.56 Å². The van der Waals surface area contributed by atoms with Crippen molar-refractivity contribution in [3.05, 3.63) is 96.3 Å². The monoisotopic (exact) mass is 232 g/mol. The van der Waals surface area contributed by atoms with Gasteiger partial charge in [0.05, 0.1) is 0 Å². The zero-order valence-corrected chi connectivity index (χ0v) is 10.3. The van der Waals surface area contributed by atoms with E-state index in [9.17, 15) is 0 Å². The van der Waals surface area contributed by atoms with E-state index < -0.39 is 0 Å². The maximum absolute atomic E-state index is 3.71. The van der Waals surface area contributed by atoms with Crippen LogP contribution in [0.5, 0.6) is 0 Å². The molecule has 0 N–H and O–H groups in total. The van der Waals surface area contributed by atoms with Crippen molar-refractivity contribution >= 4 is 6.08 Å². The van der Waals surface area contributed by atoms with E-state index in [1.807, 2.05) is 30.4 Å². The molecule has 0 heterocycles. The molecule has 0 saturated heterocycles. The Labute approximate surface area is 109 Å². The molecule has 0 spiro atoms. The van der Waals surface area contributed by atoms with Gasteiger partial charge in [0.15, 0.2) is 0 Å². The lowest BCUT2D eigenvalue weighted by Gasteiger charge is -2.09. The number of hydrogen-bond donors (Lipinski definition) is 0. The Morgan fingerprint density at radius 1 is 1.06 bits per heavy atom. The van der Waals surface area contributed by atoms with Crippen molar-refractivity contribution in [2.45, 2.75) is 0 Å². The van der Waals surface area contributed by atoms with Crippen molar-refractivity contribution in [2.24, 2.45) is 5.92 Å². The van der Waals surface area contributed by atoms with Gasteiger partial charge in [0.25, 0.3) is 0 Å². The first-order valence-electron chi connectivity index (χ1n) is 6.05. The lowest BCUT2D eigenvalue weighted by molar-refractivity contribution is 0.998. The summed E-state index contributed by atoms with van der Waals surface area (Å²) in [6.07, 6.45) is 16.6. The molecular weight excluding hydrogens is 216 g/mol. The fourth-order valence-electron chi connectivity index (χ4n) is 1.82. The highest BCUT2D eigenvalue weighted by Crippen LogP contribution is 2.18. The Hall–Kier alpha value is -2.30.